The molecule has 4 nitrogen and oxygen atoms in total. The summed E-state index contributed by atoms with van der Waals surface area (Å²) in [6, 6.07) is 10.2. The van der Waals surface area contributed by atoms with Gasteiger partial charge in [0.15, 0.2) is 0 Å². The standard InChI is InChI=1S/C19H23NO3/c21-17(22)16-14-11-20(12-15(14)16)18(23)19(9-5-2-6-10-19)13-7-3-1-4-8-13/h1,3-4,7-8,14-16H,2,5-6,9-12H2,(H,21,22). The van der Waals surface area contributed by atoms with Gasteiger partial charge in [-0.25, -0.2) is 0 Å². The fourth-order valence-corrected chi connectivity index (χ4v) is 4.90. The van der Waals surface area contributed by atoms with E-state index in [1.54, 1.807) is 0 Å². The van der Waals surface area contributed by atoms with E-state index in [0.717, 1.165) is 31.2 Å². The van der Waals surface area contributed by atoms with Crippen molar-refractivity contribution in [2.24, 2.45) is 17.8 Å². The minimum atomic E-state index is -0.692. The molecule has 2 atom stereocenters. The number of hydrogen-bond donors (Lipinski definition) is 1. The molecule has 2 unspecified atom stereocenters. The number of carboxylic acid groups (broad SMARTS) is 1. The zero-order valence-electron chi connectivity index (χ0n) is 13.3. The Morgan fingerprint density at radius 1 is 1.00 bits per heavy atom. The quantitative estimate of drug-likeness (QED) is 0.933. The maximum absolute atomic E-state index is 13.3. The first-order valence-electron chi connectivity index (χ1n) is 8.71. The second-order valence-electron chi connectivity index (χ2n) is 7.41. The highest BCUT2D eigenvalue weighted by Crippen LogP contribution is 2.53. The predicted octanol–water partition coefficient (Wildman–Crippen LogP) is 2.68. The maximum atomic E-state index is 13.3. The van der Waals surface area contributed by atoms with Crippen LogP contribution in [0.15, 0.2) is 30.3 Å². The Morgan fingerprint density at radius 2 is 1.61 bits per heavy atom. The van der Waals surface area contributed by atoms with Gasteiger partial charge in [0.05, 0.1) is 11.3 Å². The lowest BCUT2D eigenvalue weighted by Crippen LogP contribution is -2.48. The Morgan fingerprint density at radius 3 is 2.17 bits per heavy atom. The topological polar surface area (TPSA) is 57.6 Å². The van der Waals surface area contributed by atoms with E-state index in [0.29, 0.717) is 13.1 Å². The van der Waals surface area contributed by atoms with Crippen molar-refractivity contribution in [3.05, 3.63) is 35.9 Å². The Hall–Kier alpha value is -1.84. The SMILES string of the molecule is O=C(O)C1C2CN(C(=O)C3(c4ccccc4)CCCCC3)CC21. The molecule has 1 aliphatic heterocycles. The number of fused-ring (bicyclic) bond motifs is 1. The third kappa shape index (κ3) is 2.27. The fourth-order valence-electron chi connectivity index (χ4n) is 4.90. The van der Waals surface area contributed by atoms with Crippen LogP contribution in [-0.2, 0) is 15.0 Å². The van der Waals surface area contributed by atoms with Crippen molar-refractivity contribution in [2.45, 2.75) is 37.5 Å². The van der Waals surface area contributed by atoms with Gasteiger partial charge >= 0.3 is 5.97 Å². The summed E-state index contributed by atoms with van der Waals surface area (Å²) in [6.07, 6.45) is 5.24. The van der Waals surface area contributed by atoms with Crippen LogP contribution in [0.1, 0.15) is 37.7 Å². The van der Waals surface area contributed by atoms with Crippen LogP contribution in [0.25, 0.3) is 0 Å². The van der Waals surface area contributed by atoms with Crippen molar-refractivity contribution in [3.8, 4) is 0 Å². The largest absolute Gasteiger partial charge is 0.481 e. The van der Waals surface area contributed by atoms with E-state index in [9.17, 15) is 9.59 Å². The van der Waals surface area contributed by atoms with Crippen molar-refractivity contribution in [1.82, 2.24) is 4.90 Å². The highest BCUT2D eigenvalue weighted by molar-refractivity contribution is 5.89. The Kier molecular flexibility index (Phi) is 3.43. The monoisotopic (exact) mass is 313 g/mol. The summed E-state index contributed by atoms with van der Waals surface area (Å²) < 4.78 is 0. The smallest absolute Gasteiger partial charge is 0.307 e. The van der Waals surface area contributed by atoms with Gasteiger partial charge in [0.2, 0.25) is 5.91 Å². The third-order valence-electron chi connectivity index (χ3n) is 6.21. The highest BCUT2D eigenvalue weighted by Gasteiger charge is 2.61. The molecule has 1 amide bonds. The van der Waals surface area contributed by atoms with Crippen molar-refractivity contribution < 1.29 is 14.7 Å². The van der Waals surface area contributed by atoms with Crippen molar-refractivity contribution in [1.29, 1.82) is 0 Å². The number of piperidine rings is 1. The number of rotatable bonds is 3. The van der Waals surface area contributed by atoms with Crippen molar-refractivity contribution in [2.75, 3.05) is 13.1 Å². The fraction of sp³-hybridized carbons (Fsp3) is 0.579. The summed E-state index contributed by atoms with van der Waals surface area (Å²) in [7, 11) is 0. The van der Waals surface area contributed by atoms with Gasteiger partial charge in [0.25, 0.3) is 0 Å². The van der Waals surface area contributed by atoms with E-state index in [4.69, 9.17) is 5.11 Å². The molecule has 4 heteroatoms. The normalized spacial score (nSPS) is 31.5. The molecular formula is C19H23NO3. The molecule has 1 N–H and O–H groups in total. The van der Waals surface area contributed by atoms with Crippen LogP contribution < -0.4 is 0 Å². The van der Waals surface area contributed by atoms with Crippen molar-refractivity contribution in [3.63, 3.8) is 0 Å². The van der Waals surface area contributed by atoms with E-state index in [-0.39, 0.29) is 29.1 Å². The van der Waals surface area contributed by atoms with Crippen LogP contribution in [0.3, 0.4) is 0 Å². The first-order valence-corrected chi connectivity index (χ1v) is 8.71. The van der Waals surface area contributed by atoms with Gasteiger partial charge in [-0.2, -0.15) is 0 Å². The summed E-state index contributed by atoms with van der Waals surface area (Å²) in [5, 5.41) is 9.16. The molecule has 3 aliphatic rings. The molecule has 0 radical (unpaired) electrons. The average molecular weight is 313 g/mol. The number of carbonyl (C=O) groups is 2. The van der Waals surface area contributed by atoms with Crippen LogP contribution >= 0.6 is 0 Å². The van der Waals surface area contributed by atoms with Gasteiger partial charge in [-0.1, -0.05) is 49.6 Å². The van der Waals surface area contributed by atoms with Gasteiger partial charge in [-0.3, -0.25) is 9.59 Å². The van der Waals surface area contributed by atoms with Gasteiger partial charge in [-0.05, 0) is 30.2 Å². The molecule has 1 saturated heterocycles. The number of likely N-dealkylation sites (tertiary alicyclic amines) is 1. The number of amides is 1. The number of carbonyl (C=O) groups excluding carboxylic acids is 1. The highest BCUT2D eigenvalue weighted by atomic mass is 16.4. The lowest BCUT2D eigenvalue weighted by atomic mass is 9.68. The van der Waals surface area contributed by atoms with E-state index in [1.165, 1.54) is 6.42 Å². The molecule has 4 rings (SSSR count). The molecule has 1 heterocycles. The van der Waals surface area contributed by atoms with Crippen LogP contribution in [-0.4, -0.2) is 35.0 Å². The molecule has 1 aromatic carbocycles. The number of carboxylic acids is 1. The van der Waals surface area contributed by atoms with Crippen molar-refractivity contribution >= 4 is 11.9 Å². The first kappa shape index (κ1) is 14.7. The number of hydrogen-bond acceptors (Lipinski definition) is 2. The van der Waals surface area contributed by atoms with Crippen LogP contribution in [0.2, 0.25) is 0 Å². The number of benzene rings is 1. The molecule has 23 heavy (non-hydrogen) atoms. The Balaban J connectivity index is 1.57. The maximum Gasteiger partial charge on any atom is 0.307 e. The van der Waals surface area contributed by atoms with Gasteiger partial charge < -0.3 is 10.0 Å². The Labute approximate surface area is 136 Å². The molecule has 122 valence electrons. The lowest BCUT2D eigenvalue weighted by molar-refractivity contribution is -0.143. The molecule has 2 saturated carbocycles. The Bertz CT molecular complexity index is 609. The third-order valence-corrected chi connectivity index (χ3v) is 6.21. The molecule has 0 spiro atoms. The van der Waals surface area contributed by atoms with Crippen LogP contribution in [0.5, 0.6) is 0 Å². The van der Waals surface area contributed by atoms with Crippen LogP contribution in [0, 0.1) is 17.8 Å². The summed E-state index contributed by atoms with van der Waals surface area (Å²) in [4.78, 5) is 26.4. The zero-order valence-corrected chi connectivity index (χ0v) is 13.3. The summed E-state index contributed by atoms with van der Waals surface area (Å²) in [5.41, 5.74) is 0.759. The number of nitrogens with zero attached hydrogens (tertiary/aromatic N) is 1. The summed E-state index contributed by atoms with van der Waals surface area (Å²) in [6.45, 7) is 1.27. The average Bonchev–Trinajstić information content (AvgIpc) is 3.11. The zero-order chi connectivity index (χ0) is 16.0. The molecule has 1 aromatic rings. The second-order valence-corrected chi connectivity index (χ2v) is 7.41. The summed E-state index contributed by atoms with van der Waals surface area (Å²) in [5.74, 6) is -0.291. The van der Waals surface area contributed by atoms with E-state index in [1.807, 2.05) is 23.1 Å². The van der Waals surface area contributed by atoms with Crippen LogP contribution in [0.4, 0.5) is 0 Å². The van der Waals surface area contributed by atoms with E-state index in [2.05, 4.69) is 12.1 Å². The van der Waals surface area contributed by atoms with E-state index >= 15 is 0 Å². The first-order chi connectivity index (χ1) is 11.1. The van der Waals surface area contributed by atoms with Gasteiger partial charge in [-0.15, -0.1) is 0 Å². The summed E-state index contributed by atoms with van der Waals surface area (Å²) >= 11 is 0. The predicted molar refractivity (Wildman–Crippen MR) is 85.9 cm³/mol. The molecular weight excluding hydrogens is 290 g/mol. The van der Waals surface area contributed by atoms with Gasteiger partial charge in [0, 0.05) is 13.1 Å². The molecule has 0 bridgehead atoms. The minimum absolute atomic E-state index is 0.188. The van der Waals surface area contributed by atoms with Gasteiger partial charge in [0.1, 0.15) is 0 Å². The second kappa shape index (κ2) is 5.36. The van der Waals surface area contributed by atoms with E-state index < -0.39 is 5.97 Å². The minimum Gasteiger partial charge on any atom is -0.481 e. The molecule has 0 aromatic heterocycles. The lowest BCUT2D eigenvalue weighted by Gasteiger charge is -2.39. The molecule has 3 fully saturated rings. The number of aliphatic carboxylic acids is 1. The molecule has 2 aliphatic carbocycles.